The molecule has 1 heterocycles. The molecule has 1 aromatic rings. The zero-order valence-electron chi connectivity index (χ0n) is 12.7. The van der Waals surface area contributed by atoms with Crippen molar-refractivity contribution >= 4 is 21.8 Å². The van der Waals surface area contributed by atoms with Gasteiger partial charge in [-0.25, -0.2) is 0 Å². The molecule has 0 aromatic carbocycles. The number of halogens is 1. The van der Waals surface area contributed by atoms with Crippen molar-refractivity contribution in [3.8, 4) is 0 Å². The molecule has 1 amide bonds. The Morgan fingerprint density at radius 3 is 2.60 bits per heavy atom. The SMILES string of the molecule is CCCCN(CC(N)=O)Cc1c(Br)c(CC)nn1CC. The molecule has 1 aromatic heterocycles. The number of amides is 1. The fraction of sp³-hybridized carbons (Fsp3) is 0.714. The highest BCUT2D eigenvalue weighted by Crippen LogP contribution is 2.23. The zero-order valence-corrected chi connectivity index (χ0v) is 14.2. The van der Waals surface area contributed by atoms with Crippen molar-refractivity contribution in [1.29, 1.82) is 0 Å². The minimum absolute atomic E-state index is 0.282. The van der Waals surface area contributed by atoms with E-state index in [-0.39, 0.29) is 5.91 Å². The normalized spacial score (nSPS) is 11.2. The molecule has 1 rings (SSSR count). The van der Waals surface area contributed by atoms with Gasteiger partial charge in [0.05, 0.1) is 22.4 Å². The minimum Gasteiger partial charge on any atom is -0.369 e. The first-order valence-electron chi connectivity index (χ1n) is 7.28. The number of hydrogen-bond donors (Lipinski definition) is 1. The Morgan fingerprint density at radius 1 is 1.40 bits per heavy atom. The molecule has 114 valence electrons. The smallest absolute Gasteiger partial charge is 0.231 e. The first-order valence-corrected chi connectivity index (χ1v) is 8.07. The van der Waals surface area contributed by atoms with E-state index in [1.807, 2.05) is 4.68 Å². The topological polar surface area (TPSA) is 64.2 Å². The average Bonchev–Trinajstić information content (AvgIpc) is 2.72. The summed E-state index contributed by atoms with van der Waals surface area (Å²) in [5.74, 6) is -0.282. The van der Waals surface area contributed by atoms with Crippen molar-refractivity contribution in [1.82, 2.24) is 14.7 Å². The number of primary amides is 1. The Morgan fingerprint density at radius 2 is 2.10 bits per heavy atom. The van der Waals surface area contributed by atoms with Crippen LogP contribution in [-0.2, 0) is 24.3 Å². The molecule has 5 nitrogen and oxygen atoms in total. The third kappa shape index (κ3) is 4.59. The van der Waals surface area contributed by atoms with Crippen LogP contribution < -0.4 is 5.73 Å². The van der Waals surface area contributed by atoms with Crippen LogP contribution in [0.15, 0.2) is 4.47 Å². The third-order valence-electron chi connectivity index (χ3n) is 3.27. The quantitative estimate of drug-likeness (QED) is 0.747. The number of nitrogens with zero attached hydrogens (tertiary/aromatic N) is 3. The maximum atomic E-state index is 11.2. The molecule has 0 atom stereocenters. The number of nitrogens with two attached hydrogens (primary N) is 1. The number of carbonyl (C=O) groups is 1. The van der Waals surface area contributed by atoms with E-state index in [4.69, 9.17) is 5.73 Å². The second-order valence-electron chi connectivity index (χ2n) is 4.91. The number of unbranched alkanes of at least 4 members (excludes halogenated alkanes) is 1. The van der Waals surface area contributed by atoms with Gasteiger partial charge in [0.15, 0.2) is 0 Å². The van der Waals surface area contributed by atoms with Gasteiger partial charge in [0, 0.05) is 13.1 Å². The van der Waals surface area contributed by atoms with Gasteiger partial charge in [-0.1, -0.05) is 20.3 Å². The molecule has 0 bridgehead atoms. The van der Waals surface area contributed by atoms with Crippen LogP contribution in [0.4, 0.5) is 0 Å². The van der Waals surface area contributed by atoms with Crippen molar-refractivity contribution in [2.24, 2.45) is 5.73 Å². The van der Waals surface area contributed by atoms with Gasteiger partial charge in [0.1, 0.15) is 0 Å². The molecule has 0 aliphatic heterocycles. The highest BCUT2D eigenvalue weighted by atomic mass is 79.9. The Hall–Kier alpha value is -0.880. The van der Waals surface area contributed by atoms with Crippen LogP contribution in [0.25, 0.3) is 0 Å². The molecule has 6 heteroatoms. The largest absolute Gasteiger partial charge is 0.369 e. The lowest BCUT2D eigenvalue weighted by Gasteiger charge is -2.21. The molecular weight excluding hydrogens is 320 g/mol. The Bertz CT molecular complexity index is 445. The van der Waals surface area contributed by atoms with E-state index in [0.717, 1.165) is 48.2 Å². The zero-order chi connectivity index (χ0) is 15.1. The molecule has 0 aliphatic rings. The number of aromatic nitrogens is 2. The second kappa shape index (κ2) is 8.42. The van der Waals surface area contributed by atoms with Crippen molar-refractivity contribution in [3.05, 3.63) is 15.9 Å². The Balaban J connectivity index is 2.90. The highest BCUT2D eigenvalue weighted by Gasteiger charge is 2.17. The average molecular weight is 345 g/mol. The van der Waals surface area contributed by atoms with E-state index < -0.39 is 0 Å². The lowest BCUT2D eigenvalue weighted by atomic mass is 10.2. The summed E-state index contributed by atoms with van der Waals surface area (Å²) >= 11 is 3.64. The number of aryl methyl sites for hydroxylation is 2. The Labute approximate surface area is 129 Å². The van der Waals surface area contributed by atoms with Crippen LogP contribution in [-0.4, -0.2) is 33.7 Å². The van der Waals surface area contributed by atoms with Crippen molar-refractivity contribution in [2.75, 3.05) is 13.1 Å². The van der Waals surface area contributed by atoms with Crippen LogP contribution in [0.2, 0.25) is 0 Å². The van der Waals surface area contributed by atoms with E-state index in [0.29, 0.717) is 13.1 Å². The first-order chi connectivity index (χ1) is 9.53. The first kappa shape index (κ1) is 17.2. The Kier molecular flexibility index (Phi) is 7.23. The summed E-state index contributed by atoms with van der Waals surface area (Å²) in [6.07, 6.45) is 3.06. The molecule has 0 radical (unpaired) electrons. The number of carbonyl (C=O) groups excluding carboxylic acids is 1. The van der Waals surface area contributed by atoms with Crippen molar-refractivity contribution < 1.29 is 4.79 Å². The molecule has 0 unspecified atom stereocenters. The standard InChI is InChI=1S/C14H25BrN4O/c1-4-7-8-18(10-13(16)20)9-12-14(15)11(5-2)17-19(12)6-3/h4-10H2,1-3H3,(H2,16,20). The third-order valence-corrected chi connectivity index (χ3v) is 4.19. The fourth-order valence-corrected chi connectivity index (χ4v) is 2.89. The van der Waals surface area contributed by atoms with Gasteiger partial charge in [-0.2, -0.15) is 5.10 Å². The molecular formula is C14H25BrN4O. The molecule has 0 aliphatic carbocycles. The van der Waals surface area contributed by atoms with E-state index in [1.165, 1.54) is 0 Å². The second-order valence-corrected chi connectivity index (χ2v) is 5.70. The molecule has 2 N–H and O–H groups in total. The maximum absolute atomic E-state index is 11.2. The summed E-state index contributed by atoms with van der Waals surface area (Å²) in [7, 11) is 0. The summed E-state index contributed by atoms with van der Waals surface area (Å²) in [6, 6.07) is 0. The molecule has 0 saturated heterocycles. The summed E-state index contributed by atoms with van der Waals surface area (Å²) in [4.78, 5) is 13.3. The highest BCUT2D eigenvalue weighted by molar-refractivity contribution is 9.10. The summed E-state index contributed by atoms with van der Waals surface area (Å²) in [5, 5.41) is 4.59. The maximum Gasteiger partial charge on any atom is 0.231 e. The fourth-order valence-electron chi connectivity index (χ4n) is 2.20. The summed E-state index contributed by atoms with van der Waals surface area (Å²) in [6.45, 7) is 9.01. The van der Waals surface area contributed by atoms with E-state index >= 15 is 0 Å². The van der Waals surface area contributed by atoms with E-state index in [1.54, 1.807) is 0 Å². The van der Waals surface area contributed by atoms with Crippen LogP contribution in [0, 0.1) is 0 Å². The monoisotopic (exact) mass is 344 g/mol. The van der Waals surface area contributed by atoms with E-state index in [9.17, 15) is 4.79 Å². The van der Waals surface area contributed by atoms with Gasteiger partial charge in [0.25, 0.3) is 0 Å². The molecule has 0 fully saturated rings. The van der Waals surface area contributed by atoms with Crippen LogP contribution in [0.5, 0.6) is 0 Å². The van der Waals surface area contributed by atoms with Crippen LogP contribution in [0.1, 0.15) is 45.0 Å². The van der Waals surface area contributed by atoms with Gasteiger partial charge < -0.3 is 5.73 Å². The van der Waals surface area contributed by atoms with Crippen LogP contribution in [0.3, 0.4) is 0 Å². The minimum atomic E-state index is -0.282. The predicted octanol–water partition coefficient (Wildman–Crippen LogP) is 2.32. The van der Waals surface area contributed by atoms with Gasteiger partial charge in [-0.05, 0) is 42.2 Å². The molecule has 20 heavy (non-hydrogen) atoms. The van der Waals surface area contributed by atoms with Crippen molar-refractivity contribution in [2.45, 2.75) is 53.1 Å². The lowest BCUT2D eigenvalue weighted by Crippen LogP contribution is -2.34. The molecule has 0 saturated carbocycles. The number of rotatable bonds is 9. The van der Waals surface area contributed by atoms with Gasteiger partial charge in [-0.15, -0.1) is 0 Å². The summed E-state index contributed by atoms with van der Waals surface area (Å²) in [5.41, 5.74) is 7.54. The lowest BCUT2D eigenvalue weighted by molar-refractivity contribution is -0.119. The van der Waals surface area contributed by atoms with Gasteiger partial charge in [-0.3, -0.25) is 14.4 Å². The van der Waals surface area contributed by atoms with Gasteiger partial charge in [0.2, 0.25) is 5.91 Å². The van der Waals surface area contributed by atoms with Crippen LogP contribution >= 0.6 is 15.9 Å². The molecule has 0 spiro atoms. The number of hydrogen-bond acceptors (Lipinski definition) is 3. The van der Waals surface area contributed by atoms with Gasteiger partial charge >= 0.3 is 0 Å². The summed E-state index contributed by atoms with van der Waals surface area (Å²) < 4.78 is 3.07. The van der Waals surface area contributed by atoms with Crippen molar-refractivity contribution in [3.63, 3.8) is 0 Å². The predicted molar refractivity (Wildman–Crippen MR) is 84.4 cm³/mol. The van der Waals surface area contributed by atoms with E-state index in [2.05, 4.69) is 46.7 Å².